The highest BCUT2D eigenvalue weighted by atomic mass is 16.5. The van der Waals surface area contributed by atoms with Gasteiger partial charge in [-0.05, 0) is 49.4 Å². The third-order valence-electron chi connectivity index (χ3n) is 5.74. The zero-order valence-electron chi connectivity index (χ0n) is 14.1. The first kappa shape index (κ1) is 15.8. The second-order valence-electron chi connectivity index (χ2n) is 7.05. The summed E-state index contributed by atoms with van der Waals surface area (Å²) in [6, 6.07) is 10.8. The number of methoxy groups -OCH3 is 1. The fraction of sp³-hybridized carbons (Fsp3) is 0.526. The van der Waals surface area contributed by atoms with Crippen LogP contribution in [0.15, 0.2) is 42.7 Å². The molecule has 0 unspecified atom stereocenters. The maximum atomic E-state index is 10.1. The van der Waals surface area contributed by atoms with Gasteiger partial charge in [-0.15, -0.1) is 0 Å². The Kier molecular flexibility index (Phi) is 4.16. The molecule has 0 radical (unpaired) electrons. The molecular weight excluding hydrogens is 302 g/mol. The number of aromatic nitrogens is 2. The number of nitrogens with zero attached hydrogens (tertiary/aromatic N) is 3. The Morgan fingerprint density at radius 3 is 3.04 bits per heavy atom. The summed E-state index contributed by atoms with van der Waals surface area (Å²) < 4.78 is 7.82. The van der Waals surface area contributed by atoms with Gasteiger partial charge in [0.25, 0.3) is 0 Å². The summed E-state index contributed by atoms with van der Waals surface area (Å²) in [5, 5.41) is 14.4. The average molecular weight is 327 g/mol. The van der Waals surface area contributed by atoms with Gasteiger partial charge >= 0.3 is 0 Å². The molecule has 2 fully saturated rings. The number of fused-ring (bicyclic) bond motifs is 1. The van der Waals surface area contributed by atoms with Crippen molar-refractivity contribution in [3.63, 3.8) is 0 Å². The van der Waals surface area contributed by atoms with Crippen molar-refractivity contribution in [2.75, 3.05) is 13.7 Å². The lowest BCUT2D eigenvalue weighted by atomic mass is 9.79. The molecule has 3 atom stereocenters. The largest absolute Gasteiger partial charge is 0.393 e. The molecular formula is C19H25N3O2. The van der Waals surface area contributed by atoms with Crippen LogP contribution >= 0.6 is 0 Å². The number of benzene rings is 1. The highest BCUT2D eigenvalue weighted by molar-refractivity contribution is 5.35. The minimum absolute atomic E-state index is 0.0706. The van der Waals surface area contributed by atoms with Crippen molar-refractivity contribution in [2.45, 2.75) is 50.0 Å². The van der Waals surface area contributed by atoms with Crippen molar-refractivity contribution >= 4 is 0 Å². The number of likely N-dealkylation sites (tertiary alicyclic amines) is 1. The van der Waals surface area contributed by atoms with E-state index in [1.807, 2.05) is 24.1 Å². The third kappa shape index (κ3) is 2.77. The predicted octanol–water partition coefficient (Wildman–Crippen LogP) is 2.38. The Morgan fingerprint density at radius 2 is 2.25 bits per heavy atom. The van der Waals surface area contributed by atoms with E-state index in [0.717, 1.165) is 44.5 Å². The standard InChI is InChI=1S/C19H25N3O2/c1-24-19-7-6-17(23)13-18(19)21(11-8-19)14-15-4-2-5-16(12-15)22-10-3-9-20-22/h2-5,9-10,12,17-18,23H,6-8,11,13-14H2,1H3/t17-,18-,19+/m0/s1. The summed E-state index contributed by atoms with van der Waals surface area (Å²) in [6.45, 7) is 1.91. The molecule has 1 aliphatic carbocycles. The molecule has 5 nitrogen and oxygen atoms in total. The lowest BCUT2D eigenvalue weighted by molar-refractivity contribution is -0.0879. The van der Waals surface area contributed by atoms with Gasteiger partial charge in [0.2, 0.25) is 0 Å². The summed E-state index contributed by atoms with van der Waals surface area (Å²) in [7, 11) is 1.83. The van der Waals surface area contributed by atoms with Gasteiger partial charge in [-0.3, -0.25) is 4.90 Å². The van der Waals surface area contributed by atoms with Crippen molar-refractivity contribution < 1.29 is 9.84 Å². The smallest absolute Gasteiger partial charge is 0.0847 e. The van der Waals surface area contributed by atoms with Crippen molar-refractivity contribution in [2.24, 2.45) is 0 Å². The highest BCUT2D eigenvalue weighted by Gasteiger charge is 2.50. The Labute approximate surface area is 142 Å². The minimum Gasteiger partial charge on any atom is -0.393 e. The van der Waals surface area contributed by atoms with Gasteiger partial charge < -0.3 is 9.84 Å². The second kappa shape index (κ2) is 6.31. The van der Waals surface area contributed by atoms with E-state index in [2.05, 4.69) is 34.3 Å². The summed E-state index contributed by atoms with van der Waals surface area (Å²) in [6.07, 6.45) is 7.24. The molecule has 2 heterocycles. The zero-order valence-corrected chi connectivity index (χ0v) is 14.1. The predicted molar refractivity (Wildman–Crippen MR) is 92.0 cm³/mol. The van der Waals surface area contributed by atoms with Crippen molar-refractivity contribution in [1.82, 2.24) is 14.7 Å². The van der Waals surface area contributed by atoms with E-state index < -0.39 is 0 Å². The van der Waals surface area contributed by atoms with Crippen LogP contribution in [0.5, 0.6) is 0 Å². The number of rotatable bonds is 4. The van der Waals surface area contributed by atoms with E-state index in [9.17, 15) is 5.11 Å². The molecule has 1 saturated carbocycles. The first-order valence-corrected chi connectivity index (χ1v) is 8.76. The Hall–Kier alpha value is -1.69. The molecule has 0 amide bonds. The van der Waals surface area contributed by atoms with E-state index in [1.165, 1.54) is 5.56 Å². The number of ether oxygens (including phenoxy) is 1. The van der Waals surface area contributed by atoms with Crippen LogP contribution in [0, 0.1) is 0 Å². The Bertz CT molecular complexity index is 688. The summed E-state index contributed by atoms with van der Waals surface area (Å²) in [5.41, 5.74) is 2.28. The third-order valence-corrected chi connectivity index (χ3v) is 5.74. The van der Waals surface area contributed by atoms with Crippen molar-refractivity contribution in [3.8, 4) is 5.69 Å². The molecule has 0 spiro atoms. The SMILES string of the molecule is CO[C@@]12CC[C@H](O)C[C@@H]1N(Cc1cccc(-n3cccn3)c1)CC2. The molecule has 2 aromatic rings. The molecule has 2 aliphatic rings. The van der Waals surface area contributed by atoms with E-state index in [4.69, 9.17) is 4.74 Å². The van der Waals surface area contributed by atoms with Crippen LogP contribution in [0.25, 0.3) is 5.69 Å². The molecule has 1 aliphatic heterocycles. The van der Waals surface area contributed by atoms with Crippen LogP contribution in [0.2, 0.25) is 0 Å². The van der Waals surface area contributed by atoms with Crippen LogP contribution in [0.3, 0.4) is 0 Å². The van der Waals surface area contributed by atoms with E-state index in [1.54, 1.807) is 6.20 Å². The molecule has 1 N–H and O–H groups in total. The van der Waals surface area contributed by atoms with E-state index in [-0.39, 0.29) is 11.7 Å². The fourth-order valence-corrected chi connectivity index (χ4v) is 4.41. The quantitative estimate of drug-likeness (QED) is 0.937. The Balaban J connectivity index is 1.54. The first-order valence-electron chi connectivity index (χ1n) is 8.76. The van der Waals surface area contributed by atoms with Gasteiger partial charge in [0.15, 0.2) is 0 Å². The maximum absolute atomic E-state index is 10.1. The van der Waals surface area contributed by atoms with E-state index >= 15 is 0 Å². The van der Waals surface area contributed by atoms with Gasteiger partial charge in [0.05, 0.1) is 17.4 Å². The summed E-state index contributed by atoms with van der Waals surface area (Å²) in [4.78, 5) is 2.48. The van der Waals surface area contributed by atoms with Gasteiger partial charge in [0.1, 0.15) is 0 Å². The van der Waals surface area contributed by atoms with Gasteiger partial charge in [-0.2, -0.15) is 5.10 Å². The number of aliphatic hydroxyl groups is 1. The lowest BCUT2D eigenvalue weighted by Crippen LogP contribution is -2.51. The number of hydrogen-bond donors (Lipinski definition) is 1. The molecule has 5 heteroatoms. The van der Waals surface area contributed by atoms with Gasteiger partial charge in [0, 0.05) is 38.6 Å². The van der Waals surface area contributed by atoms with Crippen LogP contribution in [0.1, 0.15) is 31.2 Å². The first-order chi connectivity index (χ1) is 11.7. The molecule has 4 rings (SSSR count). The van der Waals surface area contributed by atoms with Crippen LogP contribution in [-0.4, -0.2) is 51.2 Å². The van der Waals surface area contributed by atoms with Gasteiger partial charge in [-0.1, -0.05) is 12.1 Å². The second-order valence-corrected chi connectivity index (χ2v) is 7.05. The molecule has 24 heavy (non-hydrogen) atoms. The summed E-state index contributed by atoms with van der Waals surface area (Å²) >= 11 is 0. The van der Waals surface area contributed by atoms with Crippen LogP contribution < -0.4 is 0 Å². The molecule has 0 bridgehead atoms. The fourth-order valence-electron chi connectivity index (χ4n) is 4.41. The average Bonchev–Trinajstić information content (AvgIpc) is 3.25. The van der Waals surface area contributed by atoms with Gasteiger partial charge in [-0.25, -0.2) is 4.68 Å². The molecule has 128 valence electrons. The monoisotopic (exact) mass is 327 g/mol. The zero-order chi connectivity index (χ0) is 16.6. The number of aliphatic hydroxyl groups excluding tert-OH is 1. The Morgan fingerprint density at radius 1 is 1.33 bits per heavy atom. The summed E-state index contributed by atoms with van der Waals surface area (Å²) in [5.74, 6) is 0. The topological polar surface area (TPSA) is 50.5 Å². The molecule has 1 saturated heterocycles. The molecule has 1 aromatic heterocycles. The number of hydrogen-bond acceptors (Lipinski definition) is 4. The van der Waals surface area contributed by atoms with Crippen LogP contribution in [-0.2, 0) is 11.3 Å². The molecule has 1 aromatic carbocycles. The van der Waals surface area contributed by atoms with Crippen molar-refractivity contribution in [3.05, 3.63) is 48.3 Å². The highest BCUT2D eigenvalue weighted by Crippen LogP contribution is 2.42. The maximum Gasteiger partial charge on any atom is 0.0847 e. The van der Waals surface area contributed by atoms with Crippen molar-refractivity contribution in [1.29, 1.82) is 0 Å². The lowest BCUT2D eigenvalue weighted by Gasteiger charge is -2.42. The van der Waals surface area contributed by atoms with E-state index in [0.29, 0.717) is 6.04 Å². The van der Waals surface area contributed by atoms with Crippen LogP contribution in [0.4, 0.5) is 0 Å². The normalized spacial score (nSPS) is 30.4. The minimum atomic E-state index is -0.200.